The van der Waals surface area contributed by atoms with Gasteiger partial charge in [0.25, 0.3) is 0 Å². The maximum Gasteiger partial charge on any atom is 0.109 e. The molecule has 2 heterocycles. The lowest BCUT2D eigenvalue weighted by atomic mass is 10.3. The van der Waals surface area contributed by atoms with E-state index in [1.807, 2.05) is 13.2 Å². The van der Waals surface area contributed by atoms with Gasteiger partial charge in [0.1, 0.15) is 5.82 Å². The molecular formula is C12H22N4O. The van der Waals surface area contributed by atoms with Crippen LogP contribution in [0.2, 0.25) is 0 Å². The summed E-state index contributed by atoms with van der Waals surface area (Å²) < 4.78 is 7.58. The highest BCUT2D eigenvalue weighted by Gasteiger charge is 2.11. The van der Waals surface area contributed by atoms with E-state index in [1.165, 1.54) is 5.82 Å². The summed E-state index contributed by atoms with van der Waals surface area (Å²) in [5.74, 6) is 1.19. The van der Waals surface area contributed by atoms with Gasteiger partial charge in [-0.15, -0.1) is 0 Å². The number of rotatable bonds is 6. The molecule has 1 N–H and O–H groups in total. The summed E-state index contributed by atoms with van der Waals surface area (Å²) in [5.41, 5.74) is 0. The second-order valence-electron chi connectivity index (χ2n) is 4.34. The second-order valence-corrected chi connectivity index (χ2v) is 4.34. The van der Waals surface area contributed by atoms with Crippen LogP contribution in [0, 0.1) is 0 Å². The van der Waals surface area contributed by atoms with E-state index in [0.717, 1.165) is 52.4 Å². The smallest absolute Gasteiger partial charge is 0.109 e. The summed E-state index contributed by atoms with van der Waals surface area (Å²) in [6.45, 7) is 6.91. The van der Waals surface area contributed by atoms with E-state index >= 15 is 0 Å². The zero-order valence-electron chi connectivity index (χ0n) is 10.6. The standard InChI is InChI=1S/C12H22N4O/c1-13-3-6-16-7-4-14-12(16)2-5-15-8-10-17-11-9-15/h4,7,13H,2-3,5-6,8-11H2,1H3. The number of hydrogen-bond donors (Lipinski definition) is 1. The van der Waals surface area contributed by atoms with Crippen molar-refractivity contribution in [3.05, 3.63) is 18.2 Å². The summed E-state index contributed by atoms with van der Waals surface area (Å²) >= 11 is 0. The minimum absolute atomic E-state index is 0.869. The van der Waals surface area contributed by atoms with Crippen LogP contribution in [-0.2, 0) is 17.7 Å². The van der Waals surface area contributed by atoms with Crippen LogP contribution in [0.4, 0.5) is 0 Å². The van der Waals surface area contributed by atoms with Crippen molar-refractivity contribution in [2.45, 2.75) is 13.0 Å². The zero-order chi connectivity index (χ0) is 11.9. The molecule has 1 aromatic heterocycles. The average molecular weight is 238 g/mol. The van der Waals surface area contributed by atoms with E-state index in [9.17, 15) is 0 Å². The van der Waals surface area contributed by atoms with Gasteiger partial charge in [-0.3, -0.25) is 4.90 Å². The van der Waals surface area contributed by atoms with Gasteiger partial charge < -0.3 is 14.6 Å². The molecule has 0 aromatic carbocycles. The number of hydrogen-bond acceptors (Lipinski definition) is 4. The lowest BCUT2D eigenvalue weighted by Gasteiger charge is -2.26. The minimum Gasteiger partial charge on any atom is -0.379 e. The molecule has 5 heteroatoms. The number of imidazole rings is 1. The van der Waals surface area contributed by atoms with Gasteiger partial charge in [0, 0.05) is 51.5 Å². The molecule has 5 nitrogen and oxygen atoms in total. The van der Waals surface area contributed by atoms with Crippen molar-refractivity contribution in [1.82, 2.24) is 19.8 Å². The number of likely N-dealkylation sites (N-methyl/N-ethyl adjacent to an activating group) is 1. The average Bonchev–Trinajstić information content (AvgIpc) is 2.82. The van der Waals surface area contributed by atoms with Gasteiger partial charge >= 0.3 is 0 Å². The third-order valence-electron chi connectivity index (χ3n) is 3.16. The molecule has 1 aliphatic rings. The number of ether oxygens (including phenoxy) is 1. The molecule has 17 heavy (non-hydrogen) atoms. The third kappa shape index (κ3) is 3.80. The van der Waals surface area contributed by atoms with E-state index in [2.05, 4.69) is 26.0 Å². The maximum absolute atomic E-state index is 5.34. The lowest BCUT2D eigenvalue weighted by molar-refractivity contribution is 0.0381. The fraction of sp³-hybridized carbons (Fsp3) is 0.750. The Morgan fingerprint density at radius 3 is 2.94 bits per heavy atom. The Kier molecular flexibility index (Phi) is 4.97. The fourth-order valence-electron chi connectivity index (χ4n) is 2.09. The van der Waals surface area contributed by atoms with Gasteiger partial charge in [-0.05, 0) is 7.05 Å². The van der Waals surface area contributed by atoms with E-state index in [4.69, 9.17) is 4.74 Å². The summed E-state index contributed by atoms with van der Waals surface area (Å²) in [5, 5.41) is 3.16. The van der Waals surface area contributed by atoms with Crippen molar-refractivity contribution in [2.24, 2.45) is 0 Å². The van der Waals surface area contributed by atoms with Gasteiger partial charge in [-0.25, -0.2) is 4.98 Å². The van der Waals surface area contributed by atoms with Crippen LogP contribution in [0.15, 0.2) is 12.4 Å². The van der Waals surface area contributed by atoms with E-state index in [1.54, 1.807) is 0 Å². The molecule has 0 radical (unpaired) electrons. The molecule has 0 saturated carbocycles. The molecule has 0 unspecified atom stereocenters. The predicted octanol–water partition coefficient (Wildman–Crippen LogP) is -0.0228. The Balaban J connectivity index is 1.79. The summed E-state index contributed by atoms with van der Waals surface area (Å²) in [7, 11) is 1.98. The minimum atomic E-state index is 0.869. The second kappa shape index (κ2) is 6.74. The highest BCUT2D eigenvalue weighted by Crippen LogP contribution is 2.02. The summed E-state index contributed by atoms with van der Waals surface area (Å²) in [6.07, 6.45) is 4.98. The van der Waals surface area contributed by atoms with Crippen LogP contribution in [-0.4, -0.2) is 60.9 Å². The highest BCUT2D eigenvalue weighted by molar-refractivity contribution is 4.93. The van der Waals surface area contributed by atoms with E-state index < -0.39 is 0 Å². The normalized spacial score (nSPS) is 17.5. The predicted molar refractivity (Wildman–Crippen MR) is 67.1 cm³/mol. The third-order valence-corrected chi connectivity index (χ3v) is 3.16. The molecule has 2 rings (SSSR count). The Bertz CT molecular complexity index is 320. The number of nitrogens with one attached hydrogen (secondary N) is 1. The largest absolute Gasteiger partial charge is 0.379 e. The van der Waals surface area contributed by atoms with Crippen molar-refractivity contribution in [3.8, 4) is 0 Å². The van der Waals surface area contributed by atoms with Gasteiger partial charge in [-0.1, -0.05) is 0 Å². The Morgan fingerprint density at radius 1 is 1.35 bits per heavy atom. The molecule has 0 bridgehead atoms. The molecule has 1 fully saturated rings. The highest BCUT2D eigenvalue weighted by atomic mass is 16.5. The van der Waals surface area contributed by atoms with Crippen LogP contribution < -0.4 is 5.32 Å². The van der Waals surface area contributed by atoms with Crippen molar-refractivity contribution in [1.29, 1.82) is 0 Å². The van der Waals surface area contributed by atoms with Crippen molar-refractivity contribution < 1.29 is 4.74 Å². The first-order valence-corrected chi connectivity index (χ1v) is 6.35. The molecule has 1 aliphatic heterocycles. The Labute approximate surface area is 103 Å². The first-order chi connectivity index (χ1) is 8.40. The first kappa shape index (κ1) is 12.5. The van der Waals surface area contributed by atoms with Crippen LogP contribution >= 0.6 is 0 Å². The molecule has 0 aliphatic carbocycles. The first-order valence-electron chi connectivity index (χ1n) is 6.35. The number of aromatic nitrogens is 2. The number of nitrogens with zero attached hydrogens (tertiary/aromatic N) is 3. The van der Waals surface area contributed by atoms with E-state index in [0.29, 0.717) is 0 Å². The van der Waals surface area contributed by atoms with Gasteiger partial charge in [0.2, 0.25) is 0 Å². The van der Waals surface area contributed by atoms with Crippen LogP contribution in [0.1, 0.15) is 5.82 Å². The molecular weight excluding hydrogens is 216 g/mol. The zero-order valence-corrected chi connectivity index (χ0v) is 10.6. The Hall–Kier alpha value is -0.910. The summed E-state index contributed by atoms with van der Waals surface area (Å²) in [6, 6.07) is 0. The van der Waals surface area contributed by atoms with Crippen molar-refractivity contribution >= 4 is 0 Å². The molecule has 1 aromatic rings. The van der Waals surface area contributed by atoms with Gasteiger partial charge in [0.15, 0.2) is 0 Å². The Morgan fingerprint density at radius 2 is 2.18 bits per heavy atom. The van der Waals surface area contributed by atoms with Gasteiger partial charge in [0.05, 0.1) is 13.2 Å². The van der Waals surface area contributed by atoms with Crippen LogP contribution in [0.25, 0.3) is 0 Å². The van der Waals surface area contributed by atoms with Gasteiger partial charge in [-0.2, -0.15) is 0 Å². The van der Waals surface area contributed by atoms with Crippen molar-refractivity contribution in [2.75, 3.05) is 46.4 Å². The quantitative estimate of drug-likeness (QED) is 0.756. The molecule has 0 atom stereocenters. The molecule has 0 amide bonds. The molecule has 96 valence electrons. The van der Waals surface area contributed by atoms with Crippen LogP contribution in [0.5, 0.6) is 0 Å². The van der Waals surface area contributed by atoms with Crippen molar-refractivity contribution in [3.63, 3.8) is 0 Å². The monoisotopic (exact) mass is 238 g/mol. The molecule has 0 spiro atoms. The maximum atomic E-state index is 5.34. The topological polar surface area (TPSA) is 42.3 Å². The fourth-order valence-corrected chi connectivity index (χ4v) is 2.09. The SMILES string of the molecule is CNCCn1ccnc1CCN1CCOCC1. The lowest BCUT2D eigenvalue weighted by Crippen LogP contribution is -2.37. The summed E-state index contributed by atoms with van der Waals surface area (Å²) in [4.78, 5) is 6.88. The number of morpholine rings is 1. The van der Waals surface area contributed by atoms with Crippen LogP contribution in [0.3, 0.4) is 0 Å². The molecule has 1 saturated heterocycles. The van der Waals surface area contributed by atoms with E-state index in [-0.39, 0.29) is 0 Å².